The lowest BCUT2D eigenvalue weighted by atomic mass is 9.89. The Bertz CT molecular complexity index is 809. The van der Waals surface area contributed by atoms with Crippen LogP contribution in [0.1, 0.15) is 35.3 Å². The number of hydrogen-bond acceptors (Lipinski definition) is 4. The fraction of sp³-hybridized carbons (Fsp3) is 0.429. The molecule has 152 valence electrons. The van der Waals surface area contributed by atoms with Crippen molar-refractivity contribution in [3.05, 3.63) is 69.7 Å². The number of aryl methyl sites for hydroxylation is 1. The molecule has 3 rings (SSSR count). The molecule has 0 aromatic heterocycles. The monoisotopic (exact) mass is 412 g/mol. The summed E-state index contributed by atoms with van der Waals surface area (Å²) >= 11 is 6.30. The molecule has 0 amide bonds. The predicted molar refractivity (Wildman–Crippen MR) is 102 cm³/mol. The first-order chi connectivity index (χ1) is 13.3. The Morgan fingerprint density at radius 3 is 2.32 bits per heavy atom. The Hall–Kier alpha value is -1.57. The summed E-state index contributed by atoms with van der Waals surface area (Å²) in [6.45, 7) is 1.10. The van der Waals surface area contributed by atoms with E-state index < -0.39 is 36.9 Å². The molecule has 2 aromatic rings. The molecule has 0 bridgehead atoms. The Morgan fingerprint density at radius 2 is 1.71 bits per heavy atom. The molecule has 0 aliphatic carbocycles. The van der Waals surface area contributed by atoms with Gasteiger partial charge in [-0.15, -0.1) is 0 Å². The third-order valence-electron chi connectivity index (χ3n) is 5.16. The van der Waals surface area contributed by atoms with Crippen LogP contribution in [0.25, 0.3) is 0 Å². The zero-order valence-electron chi connectivity index (χ0n) is 15.4. The normalized spacial score (nSPS) is 27.0. The highest BCUT2D eigenvalue weighted by Crippen LogP contribution is 2.41. The second-order valence-corrected chi connectivity index (χ2v) is 7.44. The molecule has 1 aliphatic heterocycles. The molecule has 0 spiro atoms. The molecule has 4 nitrogen and oxygen atoms in total. The molecule has 1 aliphatic rings. The summed E-state index contributed by atoms with van der Waals surface area (Å²) in [7, 11) is 0. The summed E-state index contributed by atoms with van der Waals surface area (Å²) in [5.74, 6) is -3.75. The SMILES string of the molecule is CCc1ccc(Cc2cc([C@@H]3O[C@H](CO)C(F)(F)[C@H](O)[C@H]3O)ccc2Cl)cc1. The third-order valence-corrected chi connectivity index (χ3v) is 5.53. The van der Waals surface area contributed by atoms with Gasteiger partial charge in [0, 0.05) is 5.02 Å². The number of hydrogen-bond donors (Lipinski definition) is 3. The highest BCUT2D eigenvalue weighted by atomic mass is 35.5. The minimum absolute atomic E-state index is 0.407. The second-order valence-electron chi connectivity index (χ2n) is 7.04. The van der Waals surface area contributed by atoms with E-state index in [9.17, 15) is 24.1 Å². The van der Waals surface area contributed by atoms with Gasteiger partial charge in [-0.25, -0.2) is 8.78 Å². The van der Waals surface area contributed by atoms with Gasteiger partial charge in [0.05, 0.1) is 6.61 Å². The van der Waals surface area contributed by atoms with Gasteiger partial charge in [-0.3, -0.25) is 0 Å². The van der Waals surface area contributed by atoms with E-state index in [-0.39, 0.29) is 0 Å². The average Bonchev–Trinajstić information content (AvgIpc) is 2.69. The van der Waals surface area contributed by atoms with Crippen LogP contribution in [-0.2, 0) is 17.6 Å². The smallest absolute Gasteiger partial charge is 0.303 e. The number of alkyl halides is 2. The minimum atomic E-state index is -3.75. The largest absolute Gasteiger partial charge is 0.393 e. The Morgan fingerprint density at radius 1 is 1.07 bits per heavy atom. The van der Waals surface area contributed by atoms with Crippen LogP contribution in [0.4, 0.5) is 8.78 Å². The standard InChI is InChI=1S/C21H23ClF2O4/c1-2-12-3-5-13(6-4-12)9-15-10-14(7-8-16(15)22)19-18(26)20(27)21(23,24)17(11-25)28-19/h3-8,10,17-20,25-27H,2,9,11H2,1H3/t17-,18+,19+,20-/m1/s1. The van der Waals surface area contributed by atoms with Gasteiger partial charge in [0.25, 0.3) is 0 Å². The number of aliphatic hydroxyl groups is 3. The lowest BCUT2D eigenvalue weighted by Gasteiger charge is -2.42. The number of rotatable bonds is 5. The Kier molecular flexibility index (Phi) is 6.37. The molecule has 1 heterocycles. The summed E-state index contributed by atoms with van der Waals surface area (Å²) < 4.78 is 33.2. The van der Waals surface area contributed by atoms with Crippen LogP contribution in [0.5, 0.6) is 0 Å². The van der Waals surface area contributed by atoms with Crippen LogP contribution in [0.15, 0.2) is 42.5 Å². The summed E-state index contributed by atoms with van der Waals surface area (Å²) in [5, 5.41) is 29.7. The zero-order valence-corrected chi connectivity index (χ0v) is 16.1. The summed E-state index contributed by atoms with van der Waals surface area (Å²) in [6, 6.07) is 12.9. The maximum atomic E-state index is 14.0. The molecule has 1 fully saturated rings. The van der Waals surface area contributed by atoms with Crippen molar-refractivity contribution in [1.82, 2.24) is 0 Å². The molecule has 4 atom stereocenters. The van der Waals surface area contributed by atoms with Gasteiger partial charge < -0.3 is 20.1 Å². The molecule has 0 radical (unpaired) electrons. The van der Waals surface area contributed by atoms with Crippen LogP contribution in [0, 0.1) is 0 Å². The maximum absolute atomic E-state index is 14.0. The number of aliphatic hydroxyl groups excluding tert-OH is 3. The van der Waals surface area contributed by atoms with Gasteiger partial charge in [-0.2, -0.15) is 0 Å². The van der Waals surface area contributed by atoms with Gasteiger partial charge >= 0.3 is 5.92 Å². The number of halogens is 3. The van der Waals surface area contributed by atoms with Crippen molar-refractivity contribution < 1.29 is 28.8 Å². The highest BCUT2D eigenvalue weighted by molar-refractivity contribution is 6.31. The van der Waals surface area contributed by atoms with Gasteiger partial charge in [-0.1, -0.05) is 54.9 Å². The third kappa shape index (κ3) is 4.07. The van der Waals surface area contributed by atoms with Crippen molar-refractivity contribution in [1.29, 1.82) is 0 Å². The van der Waals surface area contributed by atoms with Crippen molar-refractivity contribution >= 4 is 11.6 Å². The quantitative estimate of drug-likeness (QED) is 0.705. The lowest BCUT2D eigenvalue weighted by molar-refractivity contribution is -0.296. The van der Waals surface area contributed by atoms with E-state index >= 15 is 0 Å². The molecular weight excluding hydrogens is 390 g/mol. The first-order valence-corrected chi connectivity index (χ1v) is 9.52. The van der Waals surface area contributed by atoms with Gasteiger partial charge in [0.1, 0.15) is 24.4 Å². The van der Waals surface area contributed by atoms with Crippen molar-refractivity contribution in [3.8, 4) is 0 Å². The molecule has 2 aromatic carbocycles. The minimum Gasteiger partial charge on any atom is -0.393 e. The van der Waals surface area contributed by atoms with E-state index in [0.717, 1.165) is 17.5 Å². The van der Waals surface area contributed by atoms with Crippen molar-refractivity contribution in [2.24, 2.45) is 0 Å². The van der Waals surface area contributed by atoms with E-state index in [2.05, 4.69) is 6.92 Å². The van der Waals surface area contributed by atoms with E-state index in [1.165, 1.54) is 5.56 Å². The second kappa shape index (κ2) is 8.43. The van der Waals surface area contributed by atoms with Crippen molar-refractivity contribution in [3.63, 3.8) is 0 Å². The van der Waals surface area contributed by atoms with E-state index in [0.29, 0.717) is 17.0 Å². The average molecular weight is 413 g/mol. The van der Waals surface area contributed by atoms with Gasteiger partial charge in [0.15, 0.2) is 0 Å². The van der Waals surface area contributed by atoms with Crippen molar-refractivity contribution in [2.45, 2.75) is 50.1 Å². The van der Waals surface area contributed by atoms with E-state index in [4.69, 9.17) is 16.3 Å². The fourth-order valence-electron chi connectivity index (χ4n) is 3.39. The first-order valence-electron chi connectivity index (χ1n) is 9.14. The number of benzene rings is 2. The molecule has 3 N–H and O–H groups in total. The molecule has 0 saturated carbocycles. The van der Waals surface area contributed by atoms with Crippen LogP contribution in [0.3, 0.4) is 0 Å². The zero-order chi connectivity index (χ0) is 20.5. The summed E-state index contributed by atoms with van der Waals surface area (Å²) in [4.78, 5) is 0. The maximum Gasteiger partial charge on any atom is 0.303 e. The topological polar surface area (TPSA) is 69.9 Å². The van der Waals surface area contributed by atoms with Gasteiger partial charge in [0.2, 0.25) is 0 Å². The fourth-order valence-corrected chi connectivity index (χ4v) is 3.58. The molecule has 0 unspecified atom stereocenters. The molecule has 7 heteroatoms. The van der Waals surface area contributed by atoms with Crippen LogP contribution in [0.2, 0.25) is 5.02 Å². The van der Waals surface area contributed by atoms with Crippen LogP contribution >= 0.6 is 11.6 Å². The van der Waals surface area contributed by atoms with Crippen LogP contribution in [-0.4, -0.2) is 46.2 Å². The Balaban J connectivity index is 1.87. The van der Waals surface area contributed by atoms with Crippen molar-refractivity contribution in [2.75, 3.05) is 6.61 Å². The predicted octanol–water partition coefficient (Wildman–Crippen LogP) is 3.28. The summed E-state index contributed by atoms with van der Waals surface area (Å²) in [6.07, 6.45) is -5.84. The van der Waals surface area contributed by atoms with Crippen LogP contribution < -0.4 is 0 Å². The molecule has 1 saturated heterocycles. The first kappa shape index (κ1) is 21.1. The lowest BCUT2D eigenvalue weighted by Crippen LogP contribution is -2.59. The van der Waals surface area contributed by atoms with E-state index in [1.807, 2.05) is 24.3 Å². The van der Waals surface area contributed by atoms with E-state index in [1.54, 1.807) is 18.2 Å². The number of ether oxygens (including phenoxy) is 1. The molecule has 28 heavy (non-hydrogen) atoms. The Labute approximate surface area is 167 Å². The summed E-state index contributed by atoms with van der Waals surface area (Å²) in [5.41, 5.74) is 3.39. The van der Waals surface area contributed by atoms with Gasteiger partial charge in [-0.05, 0) is 41.2 Å². The molecular formula is C21H23ClF2O4. The highest BCUT2D eigenvalue weighted by Gasteiger charge is 2.57.